The topological polar surface area (TPSA) is 34.1 Å². The smallest absolute Gasteiger partial charge is 0.125 e. The summed E-state index contributed by atoms with van der Waals surface area (Å²) in [6.45, 7) is 6.08. The van der Waals surface area contributed by atoms with Gasteiger partial charge in [-0.05, 0) is 42.4 Å². The third-order valence-electron chi connectivity index (χ3n) is 4.04. The summed E-state index contributed by atoms with van der Waals surface area (Å²) in [7, 11) is 0. The minimum absolute atomic E-state index is 0.242. The lowest BCUT2D eigenvalue weighted by atomic mass is 9.87. The number of aryl methyl sites for hydroxylation is 2. The molecule has 0 aromatic heterocycles. The maximum absolute atomic E-state index is 10.8. The molecule has 0 aliphatic rings. The standard InChI is InChI=1S/C13H18O.C10H12O/c1-4-11-5-7-12(8-6-11)9-13(2,3)10-14;11-9-5-4-8-10-6-2-1-3-7-10/h5-8,10H,4,9H2,1-3H3;1-3,6-7,9H,4-5,8H2. The first kappa shape index (κ1) is 20.8. The number of unbranched alkanes of at least 4 members (excludes halogenated alkanes) is 1. The quantitative estimate of drug-likeness (QED) is 0.488. The van der Waals surface area contributed by atoms with Crippen molar-refractivity contribution in [2.75, 3.05) is 0 Å². The van der Waals surface area contributed by atoms with Crippen LogP contribution in [0.1, 0.15) is 50.3 Å². The van der Waals surface area contributed by atoms with E-state index in [1.54, 1.807) is 0 Å². The Morgan fingerprint density at radius 1 is 0.840 bits per heavy atom. The molecule has 2 aromatic carbocycles. The molecule has 0 aliphatic carbocycles. The van der Waals surface area contributed by atoms with E-state index < -0.39 is 0 Å². The zero-order valence-corrected chi connectivity index (χ0v) is 15.7. The van der Waals surface area contributed by atoms with Crippen LogP contribution in [0.3, 0.4) is 0 Å². The maximum Gasteiger partial charge on any atom is 0.125 e. The molecule has 0 heterocycles. The second kappa shape index (κ2) is 11.4. The minimum Gasteiger partial charge on any atom is -0.303 e. The van der Waals surface area contributed by atoms with Gasteiger partial charge in [-0.15, -0.1) is 0 Å². The van der Waals surface area contributed by atoms with E-state index in [4.69, 9.17) is 0 Å². The molecule has 0 saturated carbocycles. The molecular formula is C23H30O2. The SMILES string of the molecule is CCc1ccc(CC(C)(C)C=O)cc1.O=CCCCc1ccccc1. The number of hydrogen-bond donors (Lipinski definition) is 0. The molecule has 0 amide bonds. The van der Waals surface area contributed by atoms with Gasteiger partial charge >= 0.3 is 0 Å². The molecule has 0 bridgehead atoms. The largest absolute Gasteiger partial charge is 0.303 e. The predicted molar refractivity (Wildman–Crippen MR) is 105 cm³/mol. The van der Waals surface area contributed by atoms with Gasteiger partial charge in [0.2, 0.25) is 0 Å². The Balaban J connectivity index is 0.000000257. The average Bonchev–Trinajstić information content (AvgIpc) is 2.64. The van der Waals surface area contributed by atoms with Crippen LogP contribution in [0.4, 0.5) is 0 Å². The van der Waals surface area contributed by atoms with E-state index in [2.05, 4.69) is 43.3 Å². The van der Waals surface area contributed by atoms with E-state index in [0.29, 0.717) is 6.42 Å². The van der Waals surface area contributed by atoms with Crippen molar-refractivity contribution in [3.05, 3.63) is 71.3 Å². The highest BCUT2D eigenvalue weighted by atomic mass is 16.1. The van der Waals surface area contributed by atoms with E-state index in [9.17, 15) is 9.59 Å². The lowest BCUT2D eigenvalue weighted by molar-refractivity contribution is -0.114. The third kappa shape index (κ3) is 8.99. The Bertz CT molecular complexity index is 612. The van der Waals surface area contributed by atoms with Crippen LogP contribution < -0.4 is 0 Å². The van der Waals surface area contributed by atoms with Gasteiger partial charge in [0, 0.05) is 11.8 Å². The van der Waals surface area contributed by atoms with E-state index in [1.807, 2.05) is 32.0 Å². The Hall–Kier alpha value is -2.22. The van der Waals surface area contributed by atoms with E-state index in [1.165, 1.54) is 16.7 Å². The molecule has 0 aliphatic heterocycles. The zero-order valence-electron chi connectivity index (χ0n) is 15.7. The fourth-order valence-corrected chi connectivity index (χ4v) is 2.49. The van der Waals surface area contributed by atoms with Crippen molar-refractivity contribution in [1.29, 1.82) is 0 Å². The van der Waals surface area contributed by atoms with Gasteiger partial charge in [0.15, 0.2) is 0 Å². The number of carbonyl (C=O) groups is 2. The maximum atomic E-state index is 10.8. The van der Waals surface area contributed by atoms with Crippen LogP contribution in [-0.2, 0) is 28.9 Å². The van der Waals surface area contributed by atoms with Crippen LogP contribution in [0.15, 0.2) is 54.6 Å². The fraction of sp³-hybridized carbons (Fsp3) is 0.391. The molecule has 0 fully saturated rings. The van der Waals surface area contributed by atoms with Crippen molar-refractivity contribution in [2.24, 2.45) is 5.41 Å². The summed E-state index contributed by atoms with van der Waals surface area (Å²) in [5, 5.41) is 0. The molecule has 2 nitrogen and oxygen atoms in total. The summed E-state index contributed by atoms with van der Waals surface area (Å²) in [5.74, 6) is 0. The summed E-state index contributed by atoms with van der Waals surface area (Å²) in [6, 6.07) is 18.7. The Kier molecular flexibility index (Phi) is 9.46. The molecule has 2 rings (SSSR count). The Labute approximate surface area is 152 Å². The summed E-state index contributed by atoms with van der Waals surface area (Å²) < 4.78 is 0. The summed E-state index contributed by atoms with van der Waals surface area (Å²) in [6.07, 6.45) is 6.55. The van der Waals surface area contributed by atoms with Crippen molar-refractivity contribution in [3.8, 4) is 0 Å². The monoisotopic (exact) mass is 338 g/mol. The van der Waals surface area contributed by atoms with Gasteiger partial charge in [-0.3, -0.25) is 0 Å². The van der Waals surface area contributed by atoms with Crippen LogP contribution in [-0.4, -0.2) is 12.6 Å². The molecule has 134 valence electrons. The molecule has 0 N–H and O–H groups in total. The number of aldehydes is 2. The molecule has 0 unspecified atom stereocenters. The second-order valence-electron chi connectivity index (χ2n) is 7.00. The van der Waals surface area contributed by atoms with Gasteiger partial charge < -0.3 is 9.59 Å². The zero-order chi connectivity index (χ0) is 18.5. The van der Waals surface area contributed by atoms with Crippen molar-refractivity contribution >= 4 is 12.6 Å². The van der Waals surface area contributed by atoms with Crippen molar-refractivity contribution in [1.82, 2.24) is 0 Å². The second-order valence-corrected chi connectivity index (χ2v) is 7.00. The highest BCUT2D eigenvalue weighted by molar-refractivity contribution is 5.58. The van der Waals surface area contributed by atoms with Gasteiger partial charge in [0.05, 0.1) is 0 Å². The highest BCUT2D eigenvalue weighted by Gasteiger charge is 2.16. The summed E-state index contributed by atoms with van der Waals surface area (Å²) in [4.78, 5) is 20.7. The van der Waals surface area contributed by atoms with Gasteiger partial charge in [0.25, 0.3) is 0 Å². The summed E-state index contributed by atoms with van der Waals surface area (Å²) >= 11 is 0. The van der Waals surface area contributed by atoms with E-state index >= 15 is 0 Å². The molecule has 0 radical (unpaired) electrons. The molecule has 0 atom stereocenters. The summed E-state index contributed by atoms with van der Waals surface area (Å²) in [5.41, 5.74) is 3.65. The fourth-order valence-electron chi connectivity index (χ4n) is 2.49. The van der Waals surface area contributed by atoms with Gasteiger partial charge in [-0.2, -0.15) is 0 Å². The lowest BCUT2D eigenvalue weighted by Gasteiger charge is -2.16. The number of rotatable bonds is 8. The Morgan fingerprint density at radius 2 is 1.44 bits per heavy atom. The van der Waals surface area contributed by atoms with E-state index in [0.717, 1.165) is 38.3 Å². The van der Waals surface area contributed by atoms with Crippen molar-refractivity contribution in [2.45, 2.75) is 52.9 Å². The first-order chi connectivity index (χ1) is 12.0. The first-order valence-electron chi connectivity index (χ1n) is 9.02. The molecule has 2 aromatic rings. The van der Waals surface area contributed by atoms with Crippen LogP contribution >= 0.6 is 0 Å². The first-order valence-corrected chi connectivity index (χ1v) is 9.02. The third-order valence-corrected chi connectivity index (χ3v) is 4.04. The molecule has 0 saturated heterocycles. The molecular weight excluding hydrogens is 308 g/mol. The molecule has 2 heteroatoms. The number of carbonyl (C=O) groups excluding carboxylic acids is 2. The van der Waals surface area contributed by atoms with Crippen molar-refractivity contribution < 1.29 is 9.59 Å². The van der Waals surface area contributed by atoms with Crippen LogP contribution in [0.25, 0.3) is 0 Å². The predicted octanol–water partition coefficient (Wildman–Crippen LogP) is 5.22. The Morgan fingerprint density at radius 3 is 1.96 bits per heavy atom. The minimum atomic E-state index is -0.242. The lowest BCUT2D eigenvalue weighted by Crippen LogP contribution is -2.16. The highest BCUT2D eigenvalue weighted by Crippen LogP contribution is 2.19. The van der Waals surface area contributed by atoms with E-state index in [-0.39, 0.29) is 5.41 Å². The molecule has 0 spiro atoms. The van der Waals surface area contributed by atoms with Gasteiger partial charge in [-0.1, -0.05) is 75.4 Å². The van der Waals surface area contributed by atoms with Crippen LogP contribution in [0.5, 0.6) is 0 Å². The van der Waals surface area contributed by atoms with Crippen LogP contribution in [0, 0.1) is 5.41 Å². The number of hydrogen-bond acceptors (Lipinski definition) is 2. The van der Waals surface area contributed by atoms with Crippen LogP contribution in [0.2, 0.25) is 0 Å². The normalized spacial score (nSPS) is 10.5. The van der Waals surface area contributed by atoms with Gasteiger partial charge in [-0.25, -0.2) is 0 Å². The van der Waals surface area contributed by atoms with Gasteiger partial charge in [0.1, 0.15) is 12.6 Å². The number of benzene rings is 2. The average molecular weight is 338 g/mol. The molecule has 25 heavy (non-hydrogen) atoms. The van der Waals surface area contributed by atoms with Crippen molar-refractivity contribution in [3.63, 3.8) is 0 Å².